The van der Waals surface area contributed by atoms with Gasteiger partial charge in [-0.15, -0.1) is 0 Å². The second kappa shape index (κ2) is 9.46. The average molecular weight is 477 g/mol. The molecule has 0 bridgehead atoms. The lowest BCUT2D eigenvalue weighted by Gasteiger charge is -2.42. The highest BCUT2D eigenvalue weighted by Gasteiger charge is 2.38. The van der Waals surface area contributed by atoms with Gasteiger partial charge in [-0.1, -0.05) is 24.8 Å². The molecule has 182 valence electrons. The number of esters is 1. The SMILES string of the molecule is CCOC(=O)C(O)c1c(C)c2c(c(C)c1[Si](C)(C)C)CN(C1CCN(C(=O)O)CC1)C(=O)C2. The van der Waals surface area contributed by atoms with Crippen molar-refractivity contribution in [3.8, 4) is 0 Å². The highest BCUT2D eigenvalue weighted by molar-refractivity contribution is 6.89. The van der Waals surface area contributed by atoms with Crippen LogP contribution in [0.4, 0.5) is 4.79 Å². The topological polar surface area (TPSA) is 107 Å². The molecule has 1 aromatic rings. The van der Waals surface area contributed by atoms with Crippen LogP contribution in [0.1, 0.15) is 53.7 Å². The van der Waals surface area contributed by atoms with Crippen molar-refractivity contribution in [3.05, 3.63) is 27.8 Å². The lowest BCUT2D eigenvalue weighted by atomic mass is 9.85. The lowest BCUT2D eigenvalue weighted by Crippen LogP contribution is -2.51. The fourth-order valence-electron chi connectivity index (χ4n) is 5.47. The third kappa shape index (κ3) is 4.79. The molecule has 1 saturated heterocycles. The number of carboxylic acid groups (broad SMARTS) is 1. The Morgan fingerprint density at radius 3 is 2.24 bits per heavy atom. The molecule has 2 aliphatic rings. The van der Waals surface area contributed by atoms with Crippen LogP contribution < -0.4 is 5.19 Å². The quantitative estimate of drug-likeness (QED) is 0.499. The molecule has 9 heteroatoms. The predicted molar refractivity (Wildman–Crippen MR) is 127 cm³/mol. The summed E-state index contributed by atoms with van der Waals surface area (Å²) in [6, 6.07) is 0.0149. The van der Waals surface area contributed by atoms with Gasteiger partial charge in [0.1, 0.15) is 0 Å². The van der Waals surface area contributed by atoms with Gasteiger partial charge in [-0.3, -0.25) is 4.79 Å². The van der Waals surface area contributed by atoms with Crippen molar-refractivity contribution in [1.29, 1.82) is 0 Å². The Morgan fingerprint density at radius 2 is 1.73 bits per heavy atom. The van der Waals surface area contributed by atoms with Gasteiger partial charge < -0.3 is 24.7 Å². The maximum absolute atomic E-state index is 13.2. The van der Waals surface area contributed by atoms with Crippen molar-refractivity contribution in [2.24, 2.45) is 0 Å². The van der Waals surface area contributed by atoms with Crippen molar-refractivity contribution in [2.45, 2.75) is 78.4 Å². The molecule has 2 N–H and O–H groups in total. The van der Waals surface area contributed by atoms with Gasteiger partial charge >= 0.3 is 12.1 Å². The third-order valence-electron chi connectivity index (χ3n) is 7.00. The third-order valence-corrected chi connectivity index (χ3v) is 9.15. The Kier molecular flexibility index (Phi) is 7.23. The molecule has 2 amide bonds. The molecule has 33 heavy (non-hydrogen) atoms. The van der Waals surface area contributed by atoms with Crippen molar-refractivity contribution in [1.82, 2.24) is 9.80 Å². The first-order valence-corrected chi connectivity index (χ1v) is 15.2. The van der Waals surface area contributed by atoms with Crippen molar-refractivity contribution in [3.63, 3.8) is 0 Å². The van der Waals surface area contributed by atoms with Crippen LogP contribution >= 0.6 is 0 Å². The first-order chi connectivity index (χ1) is 15.4. The lowest BCUT2D eigenvalue weighted by molar-refractivity contribution is -0.153. The van der Waals surface area contributed by atoms with E-state index in [2.05, 4.69) is 19.6 Å². The summed E-state index contributed by atoms with van der Waals surface area (Å²) in [6.45, 7) is 13.7. The number of aliphatic hydroxyl groups excluding tert-OH is 1. The molecule has 1 aromatic carbocycles. The maximum atomic E-state index is 13.2. The molecule has 3 rings (SSSR count). The van der Waals surface area contributed by atoms with Crippen LogP contribution in [0.3, 0.4) is 0 Å². The summed E-state index contributed by atoms with van der Waals surface area (Å²) in [6.07, 6.45) is -0.806. The molecule has 1 unspecified atom stereocenters. The molecule has 0 spiro atoms. The predicted octanol–water partition coefficient (Wildman–Crippen LogP) is 2.47. The van der Waals surface area contributed by atoms with Crippen molar-refractivity contribution >= 4 is 31.2 Å². The van der Waals surface area contributed by atoms with E-state index in [1.54, 1.807) is 6.92 Å². The van der Waals surface area contributed by atoms with E-state index in [1.165, 1.54) is 4.90 Å². The van der Waals surface area contributed by atoms with E-state index in [4.69, 9.17) is 4.74 Å². The Hall–Kier alpha value is -2.39. The fraction of sp³-hybridized carbons (Fsp3) is 0.625. The molecular formula is C24H36N2O6Si. The number of aliphatic hydroxyl groups is 1. The van der Waals surface area contributed by atoms with E-state index < -0.39 is 26.2 Å². The number of ether oxygens (including phenoxy) is 1. The Balaban J connectivity index is 2.04. The van der Waals surface area contributed by atoms with Crippen LogP contribution in [-0.2, 0) is 27.3 Å². The number of fused-ring (bicyclic) bond motifs is 1. The average Bonchev–Trinajstić information content (AvgIpc) is 2.74. The number of nitrogens with zero attached hydrogens (tertiary/aromatic N) is 2. The van der Waals surface area contributed by atoms with Gasteiger partial charge in [-0.2, -0.15) is 0 Å². The van der Waals surface area contributed by atoms with Crippen LogP contribution in [0, 0.1) is 13.8 Å². The largest absolute Gasteiger partial charge is 0.465 e. The number of benzene rings is 1. The number of hydrogen-bond donors (Lipinski definition) is 2. The van der Waals surface area contributed by atoms with Gasteiger partial charge in [-0.25, -0.2) is 9.59 Å². The van der Waals surface area contributed by atoms with E-state index >= 15 is 0 Å². The van der Waals surface area contributed by atoms with Crippen molar-refractivity contribution in [2.75, 3.05) is 19.7 Å². The summed E-state index contributed by atoms with van der Waals surface area (Å²) in [7, 11) is -1.99. The zero-order chi connectivity index (χ0) is 24.7. The van der Waals surface area contributed by atoms with Crippen LogP contribution in [0.2, 0.25) is 19.6 Å². The molecule has 2 aliphatic heterocycles. The van der Waals surface area contributed by atoms with Gasteiger partial charge in [0, 0.05) is 25.7 Å². The van der Waals surface area contributed by atoms with Crippen LogP contribution in [0.15, 0.2) is 0 Å². The maximum Gasteiger partial charge on any atom is 0.407 e. The molecular weight excluding hydrogens is 440 g/mol. The number of hydrogen-bond acceptors (Lipinski definition) is 5. The summed E-state index contributed by atoms with van der Waals surface area (Å²) in [5, 5.41) is 21.2. The van der Waals surface area contributed by atoms with E-state index in [0.717, 1.165) is 27.4 Å². The van der Waals surface area contributed by atoms with E-state index in [-0.39, 0.29) is 25.0 Å². The minimum absolute atomic E-state index is 0.0103. The van der Waals surface area contributed by atoms with Gasteiger partial charge in [0.05, 0.1) is 21.1 Å². The second-order valence-electron chi connectivity index (χ2n) is 10.1. The number of rotatable bonds is 5. The molecule has 0 radical (unpaired) electrons. The summed E-state index contributed by atoms with van der Waals surface area (Å²) in [4.78, 5) is 40.2. The highest BCUT2D eigenvalue weighted by Crippen LogP contribution is 2.34. The number of likely N-dealkylation sites (tertiary alicyclic amines) is 1. The van der Waals surface area contributed by atoms with E-state index in [1.807, 2.05) is 18.7 Å². The van der Waals surface area contributed by atoms with Crippen molar-refractivity contribution < 1.29 is 29.3 Å². The van der Waals surface area contributed by atoms with Gasteiger partial charge in [0.25, 0.3) is 0 Å². The standard InChI is InChI=1S/C24H36N2O6Si/c1-7-32-23(29)21(28)20-14(2)17-12-19(27)26(16-8-10-25(11-9-16)24(30)31)13-18(17)15(3)22(20)33(4,5)6/h16,21,28H,7-13H2,1-6H3,(H,30,31). The van der Waals surface area contributed by atoms with Crippen LogP contribution in [0.25, 0.3) is 0 Å². The van der Waals surface area contributed by atoms with Gasteiger partial charge in [0.2, 0.25) is 5.91 Å². The first-order valence-electron chi connectivity index (χ1n) is 11.7. The Bertz CT molecular complexity index is 963. The number of amides is 2. The summed E-state index contributed by atoms with van der Waals surface area (Å²) < 4.78 is 5.11. The Labute approximate surface area is 196 Å². The van der Waals surface area contributed by atoms with Crippen LogP contribution in [0.5, 0.6) is 0 Å². The smallest absolute Gasteiger partial charge is 0.407 e. The molecule has 2 heterocycles. The number of carbonyl (C=O) groups is 3. The number of piperidine rings is 1. The summed E-state index contributed by atoms with van der Waals surface area (Å²) in [5.74, 6) is -0.649. The molecule has 1 fully saturated rings. The van der Waals surface area contributed by atoms with Gasteiger partial charge in [-0.05, 0) is 61.4 Å². The summed E-state index contributed by atoms with van der Waals surface area (Å²) >= 11 is 0. The molecule has 1 atom stereocenters. The Morgan fingerprint density at radius 1 is 1.12 bits per heavy atom. The minimum atomic E-state index is -1.99. The first kappa shape index (κ1) is 25.2. The van der Waals surface area contributed by atoms with E-state index in [9.17, 15) is 24.6 Å². The normalized spacial score (nSPS) is 18.2. The monoisotopic (exact) mass is 476 g/mol. The highest BCUT2D eigenvalue weighted by atomic mass is 28.3. The zero-order valence-electron chi connectivity index (χ0n) is 20.5. The minimum Gasteiger partial charge on any atom is -0.465 e. The fourth-order valence-corrected chi connectivity index (χ4v) is 7.88. The molecule has 0 saturated carbocycles. The molecule has 0 aromatic heterocycles. The summed E-state index contributed by atoms with van der Waals surface area (Å²) in [5.41, 5.74) is 4.47. The van der Waals surface area contributed by atoms with E-state index in [0.29, 0.717) is 38.0 Å². The zero-order valence-corrected chi connectivity index (χ0v) is 21.5. The second-order valence-corrected chi connectivity index (χ2v) is 15.1. The molecule has 0 aliphatic carbocycles. The number of carbonyl (C=O) groups excluding carboxylic acids is 2. The van der Waals surface area contributed by atoms with Gasteiger partial charge in [0.15, 0.2) is 6.10 Å². The molecule has 8 nitrogen and oxygen atoms in total. The van der Waals surface area contributed by atoms with Crippen LogP contribution in [-0.4, -0.2) is 71.8 Å².